The summed E-state index contributed by atoms with van der Waals surface area (Å²) in [6.45, 7) is 4.42. The van der Waals surface area contributed by atoms with Crippen LogP contribution in [0, 0.1) is 0 Å². The molecule has 1 aromatic heterocycles. The molecule has 0 saturated heterocycles. The first-order valence-corrected chi connectivity index (χ1v) is 10.5. The van der Waals surface area contributed by atoms with Gasteiger partial charge in [0.2, 0.25) is 5.91 Å². The maximum atomic E-state index is 12.8. The van der Waals surface area contributed by atoms with E-state index in [1.54, 1.807) is 22.8 Å². The van der Waals surface area contributed by atoms with E-state index in [4.69, 9.17) is 11.6 Å². The number of benzene rings is 2. The highest BCUT2D eigenvalue weighted by Gasteiger charge is 2.15. The quantitative estimate of drug-likeness (QED) is 0.466. The Morgan fingerprint density at radius 2 is 1.96 bits per heavy atom. The molecule has 0 aliphatic heterocycles. The first-order chi connectivity index (χ1) is 13.5. The van der Waals surface area contributed by atoms with Crippen LogP contribution in [0.5, 0.6) is 0 Å². The summed E-state index contributed by atoms with van der Waals surface area (Å²) in [5.41, 5.74) is 1.60. The molecule has 0 saturated carbocycles. The van der Waals surface area contributed by atoms with Gasteiger partial charge >= 0.3 is 0 Å². The summed E-state index contributed by atoms with van der Waals surface area (Å²) in [5, 5.41) is 4.48. The molecule has 0 aliphatic carbocycles. The third-order valence-corrected chi connectivity index (χ3v) is 5.45. The molecule has 7 heteroatoms. The SMILES string of the molecule is CC(C)n1c(SCC(=O)NCCc2ccccc2)nc2cc(Cl)ccc2c1=O. The highest BCUT2D eigenvalue weighted by Crippen LogP contribution is 2.22. The molecule has 0 spiro atoms. The van der Waals surface area contributed by atoms with Crippen LogP contribution < -0.4 is 10.9 Å². The fourth-order valence-corrected chi connectivity index (χ4v) is 4.01. The van der Waals surface area contributed by atoms with Gasteiger partial charge in [-0.05, 0) is 44.0 Å². The molecule has 3 rings (SSSR count). The summed E-state index contributed by atoms with van der Waals surface area (Å²) >= 11 is 7.30. The zero-order chi connectivity index (χ0) is 20.1. The molecule has 3 aromatic rings. The van der Waals surface area contributed by atoms with Gasteiger partial charge in [0, 0.05) is 17.6 Å². The van der Waals surface area contributed by atoms with E-state index in [1.807, 2.05) is 44.2 Å². The highest BCUT2D eigenvalue weighted by molar-refractivity contribution is 7.99. The van der Waals surface area contributed by atoms with Crippen molar-refractivity contribution in [1.29, 1.82) is 0 Å². The lowest BCUT2D eigenvalue weighted by atomic mass is 10.1. The second kappa shape index (κ2) is 9.26. The van der Waals surface area contributed by atoms with Gasteiger partial charge in [0.15, 0.2) is 5.16 Å². The summed E-state index contributed by atoms with van der Waals surface area (Å²) in [7, 11) is 0. The van der Waals surface area contributed by atoms with E-state index in [0.717, 1.165) is 6.42 Å². The van der Waals surface area contributed by atoms with Gasteiger partial charge in [-0.2, -0.15) is 0 Å². The first kappa shape index (κ1) is 20.4. The van der Waals surface area contributed by atoms with Crippen molar-refractivity contribution in [3.05, 3.63) is 69.5 Å². The molecular formula is C21H22ClN3O2S. The molecular weight excluding hydrogens is 394 g/mol. The van der Waals surface area contributed by atoms with Gasteiger partial charge in [-0.15, -0.1) is 0 Å². The molecule has 5 nitrogen and oxygen atoms in total. The largest absolute Gasteiger partial charge is 0.355 e. The van der Waals surface area contributed by atoms with Crippen LogP contribution in [-0.4, -0.2) is 27.8 Å². The molecule has 0 unspecified atom stereocenters. The van der Waals surface area contributed by atoms with Crippen LogP contribution >= 0.6 is 23.4 Å². The van der Waals surface area contributed by atoms with Crippen LogP contribution in [0.2, 0.25) is 5.02 Å². The summed E-state index contributed by atoms with van der Waals surface area (Å²) < 4.78 is 1.62. The molecule has 0 bridgehead atoms. The van der Waals surface area contributed by atoms with Crippen molar-refractivity contribution in [2.75, 3.05) is 12.3 Å². The van der Waals surface area contributed by atoms with Gasteiger partial charge in [0.1, 0.15) is 0 Å². The fourth-order valence-electron chi connectivity index (χ4n) is 2.88. The van der Waals surface area contributed by atoms with Crippen LogP contribution in [0.15, 0.2) is 58.5 Å². The van der Waals surface area contributed by atoms with Crippen molar-refractivity contribution in [2.24, 2.45) is 0 Å². The number of halogens is 1. The number of nitrogens with zero attached hydrogens (tertiary/aromatic N) is 2. The monoisotopic (exact) mass is 415 g/mol. The van der Waals surface area contributed by atoms with E-state index < -0.39 is 0 Å². The van der Waals surface area contributed by atoms with E-state index >= 15 is 0 Å². The summed E-state index contributed by atoms with van der Waals surface area (Å²) in [6.07, 6.45) is 0.778. The van der Waals surface area contributed by atoms with Gasteiger partial charge < -0.3 is 5.32 Å². The van der Waals surface area contributed by atoms with Crippen molar-refractivity contribution < 1.29 is 4.79 Å². The predicted octanol–water partition coefficient (Wildman–Crippen LogP) is 4.08. The summed E-state index contributed by atoms with van der Waals surface area (Å²) in [6, 6.07) is 15.0. The Morgan fingerprint density at radius 3 is 2.68 bits per heavy atom. The van der Waals surface area contributed by atoms with Crippen molar-refractivity contribution in [2.45, 2.75) is 31.5 Å². The Balaban J connectivity index is 1.69. The number of nitrogens with one attached hydrogen (secondary N) is 1. The fraction of sp³-hybridized carbons (Fsp3) is 0.286. The molecule has 28 heavy (non-hydrogen) atoms. The minimum absolute atomic E-state index is 0.0660. The Kier molecular flexibility index (Phi) is 6.75. The standard InChI is InChI=1S/C21H22ClN3O2S/c1-14(2)25-20(27)17-9-8-16(22)12-18(17)24-21(25)28-13-19(26)23-11-10-15-6-4-3-5-7-15/h3-9,12,14H,10-11,13H2,1-2H3,(H,23,26). The number of thioether (sulfide) groups is 1. The normalized spacial score (nSPS) is 11.1. The lowest BCUT2D eigenvalue weighted by Crippen LogP contribution is -2.29. The lowest BCUT2D eigenvalue weighted by Gasteiger charge is -2.16. The molecule has 0 atom stereocenters. The molecule has 146 valence electrons. The zero-order valence-corrected chi connectivity index (χ0v) is 17.4. The van der Waals surface area contributed by atoms with E-state index in [-0.39, 0.29) is 23.3 Å². The van der Waals surface area contributed by atoms with E-state index in [9.17, 15) is 9.59 Å². The van der Waals surface area contributed by atoms with Gasteiger partial charge in [-0.3, -0.25) is 14.2 Å². The van der Waals surface area contributed by atoms with Gasteiger partial charge in [0.05, 0.1) is 16.7 Å². The van der Waals surface area contributed by atoms with Gasteiger partial charge in [0.25, 0.3) is 5.56 Å². The Hall–Kier alpha value is -2.31. The Bertz CT molecular complexity index is 1030. The van der Waals surface area contributed by atoms with E-state index in [1.165, 1.54) is 17.3 Å². The third kappa shape index (κ3) is 4.94. The van der Waals surface area contributed by atoms with Crippen LogP contribution in [0.1, 0.15) is 25.5 Å². The predicted molar refractivity (Wildman–Crippen MR) is 115 cm³/mol. The van der Waals surface area contributed by atoms with Crippen molar-refractivity contribution in [3.63, 3.8) is 0 Å². The van der Waals surface area contributed by atoms with E-state index in [2.05, 4.69) is 10.3 Å². The number of aromatic nitrogens is 2. The minimum atomic E-state index is -0.122. The number of carbonyl (C=O) groups is 1. The number of amides is 1. The molecule has 0 aliphatic rings. The number of hydrogen-bond acceptors (Lipinski definition) is 4. The van der Waals surface area contributed by atoms with Crippen LogP contribution in [0.25, 0.3) is 10.9 Å². The number of carbonyl (C=O) groups excluding carboxylic acids is 1. The topological polar surface area (TPSA) is 64.0 Å². The molecule has 0 radical (unpaired) electrons. The Morgan fingerprint density at radius 1 is 1.21 bits per heavy atom. The number of hydrogen-bond donors (Lipinski definition) is 1. The average molecular weight is 416 g/mol. The molecule has 0 fully saturated rings. The Labute approximate surface area is 173 Å². The summed E-state index contributed by atoms with van der Waals surface area (Å²) in [4.78, 5) is 29.6. The van der Waals surface area contributed by atoms with Crippen LogP contribution in [0.4, 0.5) is 0 Å². The lowest BCUT2D eigenvalue weighted by molar-refractivity contribution is -0.118. The number of fused-ring (bicyclic) bond motifs is 1. The zero-order valence-electron chi connectivity index (χ0n) is 15.8. The summed E-state index contributed by atoms with van der Waals surface area (Å²) in [5.74, 6) is 0.108. The van der Waals surface area contributed by atoms with Gasteiger partial charge in [-0.25, -0.2) is 4.98 Å². The van der Waals surface area contributed by atoms with Crippen LogP contribution in [0.3, 0.4) is 0 Å². The molecule has 1 N–H and O–H groups in total. The second-order valence-corrected chi connectivity index (χ2v) is 8.08. The first-order valence-electron chi connectivity index (χ1n) is 9.11. The maximum Gasteiger partial charge on any atom is 0.262 e. The third-order valence-electron chi connectivity index (χ3n) is 4.26. The second-order valence-electron chi connectivity index (χ2n) is 6.70. The molecule has 2 aromatic carbocycles. The van der Waals surface area contributed by atoms with E-state index in [0.29, 0.717) is 27.6 Å². The van der Waals surface area contributed by atoms with Crippen LogP contribution in [-0.2, 0) is 11.2 Å². The minimum Gasteiger partial charge on any atom is -0.355 e. The van der Waals surface area contributed by atoms with Crippen molar-refractivity contribution in [1.82, 2.24) is 14.9 Å². The van der Waals surface area contributed by atoms with Crippen molar-refractivity contribution in [3.8, 4) is 0 Å². The maximum absolute atomic E-state index is 12.8. The highest BCUT2D eigenvalue weighted by atomic mass is 35.5. The molecule has 1 amide bonds. The molecule has 1 heterocycles. The smallest absolute Gasteiger partial charge is 0.262 e. The van der Waals surface area contributed by atoms with Gasteiger partial charge in [-0.1, -0.05) is 53.7 Å². The van der Waals surface area contributed by atoms with Crippen molar-refractivity contribution >= 4 is 40.2 Å². The average Bonchev–Trinajstić information content (AvgIpc) is 2.66. The number of rotatable bonds is 7.